The second-order valence-corrected chi connectivity index (χ2v) is 8.65. The fourth-order valence-corrected chi connectivity index (χ4v) is 4.69. The zero-order valence-corrected chi connectivity index (χ0v) is 19.7. The van der Waals surface area contributed by atoms with Crippen molar-refractivity contribution < 1.29 is 22.7 Å². The molecule has 0 aliphatic rings. The standard InChI is InChI=1S/C22H16ClN3O5S2/c1-30-18-10-8-14(12-19(18)31-2)26(21(27)15-5-3-4-6-16(15)23)22-24-17-9-7-13(25-33(28)29)11-20(17)32-22/h3-12H,1-2H3. The molecule has 3 aromatic carbocycles. The average molecular weight is 502 g/mol. The zero-order chi connectivity index (χ0) is 23.5. The molecule has 0 aliphatic heterocycles. The van der Waals surface area contributed by atoms with Crippen molar-refractivity contribution in [2.45, 2.75) is 0 Å². The van der Waals surface area contributed by atoms with Gasteiger partial charge in [-0.2, -0.15) is 8.42 Å². The van der Waals surface area contributed by atoms with Gasteiger partial charge >= 0.3 is 10.5 Å². The monoisotopic (exact) mass is 501 g/mol. The number of anilines is 2. The van der Waals surface area contributed by atoms with Gasteiger partial charge in [0, 0.05) is 6.07 Å². The van der Waals surface area contributed by atoms with Crippen molar-refractivity contribution in [2.75, 3.05) is 19.1 Å². The topological polar surface area (TPSA) is 98.2 Å². The normalized spacial score (nSPS) is 10.6. The van der Waals surface area contributed by atoms with Gasteiger partial charge in [0.2, 0.25) is 0 Å². The van der Waals surface area contributed by atoms with E-state index in [9.17, 15) is 13.2 Å². The van der Waals surface area contributed by atoms with Crippen LogP contribution in [0.1, 0.15) is 10.4 Å². The predicted molar refractivity (Wildman–Crippen MR) is 128 cm³/mol. The Morgan fingerprint density at radius 1 is 1.03 bits per heavy atom. The quantitative estimate of drug-likeness (QED) is 0.339. The lowest BCUT2D eigenvalue weighted by Gasteiger charge is -2.22. The molecule has 33 heavy (non-hydrogen) atoms. The van der Waals surface area contributed by atoms with E-state index in [1.54, 1.807) is 54.6 Å². The summed E-state index contributed by atoms with van der Waals surface area (Å²) in [4.78, 5) is 19.7. The third kappa shape index (κ3) is 4.68. The third-order valence-electron chi connectivity index (χ3n) is 4.66. The summed E-state index contributed by atoms with van der Waals surface area (Å²) in [5.74, 6) is 0.553. The molecule has 4 rings (SSSR count). The molecule has 0 atom stereocenters. The van der Waals surface area contributed by atoms with Crippen LogP contribution in [0.5, 0.6) is 11.5 Å². The molecule has 0 aliphatic carbocycles. The highest BCUT2D eigenvalue weighted by Crippen LogP contribution is 2.39. The predicted octanol–water partition coefficient (Wildman–Crippen LogP) is 5.64. The molecule has 0 N–H and O–H groups in total. The van der Waals surface area contributed by atoms with Gasteiger partial charge in [-0.1, -0.05) is 35.1 Å². The molecule has 0 radical (unpaired) electrons. The van der Waals surface area contributed by atoms with Crippen molar-refractivity contribution in [1.29, 1.82) is 0 Å². The number of hydrogen-bond donors (Lipinski definition) is 0. The number of benzene rings is 3. The Balaban J connectivity index is 1.90. The number of fused-ring (bicyclic) bond motifs is 1. The molecule has 0 unspecified atom stereocenters. The summed E-state index contributed by atoms with van der Waals surface area (Å²) in [5, 5.41) is 0.663. The summed E-state index contributed by atoms with van der Waals surface area (Å²) in [5.41, 5.74) is 1.64. The van der Waals surface area contributed by atoms with Gasteiger partial charge in [-0.05, 0) is 42.5 Å². The summed E-state index contributed by atoms with van der Waals surface area (Å²) in [6.45, 7) is 0. The zero-order valence-electron chi connectivity index (χ0n) is 17.4. The van der Waals surface area contributed by atoms with Gasteiger partial charge in [-0.25, -0.2) is 4.98 Å². The fraction of sp³-hybridized carbons (Fsp3) is 0.0909. The van der Waals surface area contributed by atoms with Gasteiger partial charge in [0.15, 0.2) is 16.6 Å². The van der Waals surface area contributed by atoms with Crippen LogP contribution in [0.15, 0.2) is 65.0 Å². The maximum absolute atomic E-state index is 13.6. The highest BCUT2D eigenvalue weighted by Gasteiger charge is 2.26. The van der Waals surface area contributed by atoms with Crippen molar-refractivity contribution >= 4 is 66.1 Å². The number of hydrogen-bond acceptors (Lipinski definition) is 8. The Morgan fingerprint density at radius 2 is 1.79 bits per heavy atom. The van der Waals surface area contributed by atoms with E-state index in [4.69, 9.17) is 21.1 Å². The van der Waals surface area contributed by atoms with E-state index in [1.165, 1.54) is 36.5 Å². The van der Waals surface area contributed by atoms with Crippen LogP contribution < -0.4 is 14.4 Å². The third-order valence-corrected chi connectivity index (χ3v) is 6.36. The van der Waals surface area contributed by atoms with Gasteiger partial charge in [0.25, 0.3) is 5.91 Å². The highest BCUT2D eigenvalue weighted by molar-refractivity contribution is 7.61. The number of halogens is 1. The van der Waals surface area contributed by atoms with Gasteiger partial charge in [0.05, 0.1) is 46.4 Å². The van der Waals surface area contributed by atoms with Crippen LogP contribution in [0.25, 0.3) is 10.2 Å². The van der Waals surface area contributed by atoms with Gasteiger partial charge in [-0.15, -0.1) is 4.36 Å². The number of carbonyl (C=O) groups excluding carboxylic acids is 1. The molecular weight excluding hydrogens is 486 g/mol. The Kier molecular flexibility index (Phi) is 6.59. The number of aromatic nitrogens is 1. The second kappa shape index (κ2) is 9.57. The molecule has 0 saturated heterocycles. The van der Waals surface area contributed by atoms with Crippen LogP contribution in [0.4, 0.5) is 16.5 Å². The summed E-state index contributed by atoms with van der Waals surface area (Å²) in [6.07, 6.45) is 0. The first-order chi connectivity index (χ1) is 15.9. The first-order valence-electron chi connectivity index (χ1n) is 9.44. The Hall–Kier alpha value is -3.47. The lowest BCUT2D eigenvalue weighted by atomic mass is 10.1. The molecule has 11 heteroatoms. The van der Waals surface area contributed by atoms with Gasteiger partial charge in [0.1, 0.15) is 0 Å². The molecule has 168 valence electrons. The largest absolute Gasteiger partial charge is 0.493 e. The Bertz CT molecular complexity index is 1490. The number of methoxy groups -OCH3 is 2. The van der Waals surface area contributed by atoms with Crippen LogP contribution >= 0.6 is 22.9 Å². The summed E-state index contributed by atoms with van der Waals surface area (Å²) >= 11 is 7.52. The molecular formula is C22H16ClN3O5S2. The van der Waals surface area contributed by atoms with E-state index < -0.39 is 16.4 Å². The summed E-state index contributed by atoms with van der Waals surface area (Å²) in [7, 11) is 0.449. The van der Waals surface area contributed by atoms with Crippen molar-refractivity contribution in [3.63, 3.8) is 0 Å². The number of ether oxygens (including phenoxy) is 2. The molecule has 0 spiro atoms. The number of thiazole rings is 1. The van der Waals surface area contributed by atoms with Crippen molar-refractivity contribution in [3.8, 4) is 11.5 Å². The van der Waals surface area contributed by atoms with E-state index in [1.807, 2.05) is 0 Å². The fourth-order valence-electron chi connectivity index (χ4n) is 3.17. The molecule has 1 amide bonds. The number of carbonyl (C=O) groups is 1. The van der Waals surface area contributed by atoms with Crippen LogP contribution in [-0.4, -0.2) is 33.5 Å². The van der Waals surface area contributed by atoms with Crippen LogP contribution in [0, 0.1) is 0 Å². The van der Waals surface area contributed by atoms with E-state index in [-0.39, 0.29) is 5.69 Å². The van der Waals surface area contributed by atoms with E-state index >= 15 is 0 Å². The number of amides is 1. The van der Waals surface area contributed by atoms with Crippen molar-refractivity contribution in [3.05, 3.63) is 71.2 Å². The van der Waals surface area contributed by atoms with Crippen molar-refractivity contribution in [2.24, 2.45) is 4.36 Å². The minimum absolute atomic E-state index is 0.265. The van der Waals surface area contributed by atoms with Crippen LogP contribution in [0.2, 0.25) is 5.02 Å². The Labute approximate surface area is 199 Å². The van der Waals surface area contributed by atoms with E-state index in [0.29, 0.717) is 43.1 Å². The van der Waals surface area contributed by atoms with Crippen LogP contribution in [-0.2, 0) is 10.5 Å². The van der Waals surface area contributed by atoms with Crippen LogP contribution in [0.3, 0.4) is 0 Å². The lowest BCUT2D eigenvalue weighted by molar-refractivity contribution is 0.0999. The highest BCUT2D eigenvalue weighted by atomic mass is 35.5. The first-order valence-corrected chi connectivity index (χ1v) is 11.7. The van der Waals surface area contributed by atoms with Gasteiger partial charge < -0.3 is 9.47 Å². The summed E-state index contributed by atoms with van der Waals surface area (Å²) in [6, 6.07) is 16.6. The maximum Gasteiger partial charge on any atom is 0.316 e. The average Bonchev–Trinajstić information content (AvgIpc) is 3.21. The van der Waals surface area contributed by atoms with Gasteiger partial charge in [-0.3, -0.25) is 9.69 Å². The summed E-state index contributed by atoms with van der Waals surface area (Å²) < 4.78 is 36.8. The second-order valence-electron chi connectivity index (χ2n) is 6.62. The minimum Gasteiger partial charge on any atom is -0.493 e. The molecule has 0 saturated carbocycles. The molecule has 1 heterocycles. The molecule has 0 fully saturated rings. The molecule has 0 bridgehead atoms. The minimum atomic E-state index is -2.58. The number of rotatable bonds is 6. The number of nitrogens with zero attached hydrogens (tertiary/aromatic N) is 3. The van der Waals surface area contributed by atoms with E-state index in [2.05, 4.69) is 9.35 Å². The Morgan fingerprint density at radius 3 is 2.48 bits per heavy atom. The van der Waals surface area contributed by atoms with E-state index in [0.717, 1.165) is 0 Å². The first kappa shape index (κ1) is 22.7. The molecule has 8 nitrogen and oxygen atoms in total. The molecule has 4 aromatic rings. The molecule has 1 aromatic heterocycles. The SMILES string of the molecule is COc1ccc(N(C(=O)c2ccccc2Cl)c2nc3ccc(N=S(=O)=O)cc3s2)cc1OC. The lowest BCUT2D eigenvalue weighted by Crippen LogP contribution is -2.26. The smallest absolute Gasteiger partial charge is 0.316 e. The van der Waals surface area contributed by atoms with Crippen molar-refractivity contribution in [1.82, 2.24) is 4.98 Å². The maximum atomic E-state index is 13.6.